The number of carbonyl (C=O) groups excluding carboxylic acids is 4. The number of aliphatic carboxylic acids is 1. The largest absolute Gasteiger partial charge is 0.480 e. The SMILES string of the molecule is CC(O)C(NC(=O)C(CCC(N)=O)NC(=O)C1CCCN1)C(=O)NCC(=O)O. The Kier molecular flexibility index (Phi) is 9.32. The van der Waals surface area contributed by atoms with E-state index in [4.69, 9.17) is 10.8 Å². The molecular weight excluding hydrogens is 374 g/mol. The first-order chi connectivity index (χ1) is 13.1. The summed E-state index contributed by atoms with van der Waals surface area (Å²) in [6.07, 6.45) is -0.195. The van der Waals surface area contributed by atoms with Gasteiger partial charge in [0.1, 0.15) is 18.6 Å². The van der Waals surface area contributed by atoms with Crippen LogP contribution < -0.4 is 27.0 Å². The number of carbonyl (C=O) groups is 5. The van der Waals surface area contributed by atoms with Gasteiger partial charge < -0.3 is 37.2 Å². The number of rotatable bonds is 11. The number of hydrogen-bond acceptors (Lipinski definition) is 7. The second-order valence-electron chi connectivity index (χ2n) is 6.55. The maximum Gasteiger partial charge on any atom is 0.322 e. The van der Waals surface area contributed by atoms with Crippen LogP contribution in [-0.4, -0.2) is 77.1 Å². The summed E-state index contributed by atoms with van der Waals surface area (Å²) in [4.78, 5) is 58.5. The number of primary amides is 1. The zero-order chi connectivity index (χ0) is 21.3. The number of aliphatic hydroxyl groups excluding tert-OH is 1. The third-order valence-corrected chi connectivity index (χ3v) is 4.17. The molecule has 4 unspecified atom stereocenters. The summed E-state index contributed by atoms with van der Waals surface area (Å²) in [6, 6.07) is -3.06. The average molecular weight is 401 g/mol. The van der Waals surface area contributed by atoms with Gasteiger partial charge >= 0.3 is 5.97 Å². The average Bonchev–Trinajstić information content (AvgIpc) is 3.15. The minimum atomic E-state index is -1.44. The molecule has 12 nitrogen and oxygen atoms in total. The second kappa shape index (κ2) is 11.2. The maximum absolute atomic E-state index is 12.6. The van der Waals surface area contributed by atoms with E-state index in [1.165, 1.54) is 6.92 Å². The third kappa shape index (κ3) is 7.88. The molecule has 1 rings (SSSR count). The lowest BCUT2D eigenvalue weighted by molar-refractivity contribution is -0.139. The van der Waals surface area contributed by atoms with Crippen molar-refractivity contribution in [1.82, 2.24) is 21.3 Å². The first kappa shape index (κ1) is 23.3. The molecule has 1 heterocycles. The molecule has 158 valence electrons. The quantitative estimate of drug-likeness (QED) is 0.185. The number of aliphatic hydroxyl groups is 1. The van der Waals surface area contributed by atoms with Crippen molar-refractivity contribution in [2.75, 3.05) is 13.1 Å². The Hall–Kier alpha value is -2.73. The van der Waals surface area contributed by atoms with Gasteiger partial charge in [-0.25, -0.2) is 0 Å². The predicted molar refractivity (Wildman–Crippen MR) is 95.6 cm³/mol. The standard InChI is InChI=1S/C16H27N5O7/c1-8(22)13(16(28)19-7-12(24)25)21-15(27)10(4-5-11(17)23)20-14(26)9-3-2-6-18-9/h8-10,13,18,22H,2-7H2,1H3,(H2,17,23)(H,19,28)(H,20,26)(H,21,27)(H,24,25). The van der Waals surface area contributed by atoms with Crippen LogP contribution in [0.1, 0.15) is 32.6 Å². The van der Waals surface area contributed by atoms with Crippen LogP contribution in [0.2, 0.25) is 0 Å². The van der Waals surface area contributed by atoms with Crippen molar-refractivity contribution in [2.45, 2.75) is 56.8 Å². The molecule has 12 heteroatoms. The fourth-order valence-electron chi connectivity index (χ4n) is 2.67. The van der Waals surface area contributed by atoms with E-state index in [0.717, 1.165) is 6.42 Å². The second-order valence-corrected chi connectivity index (χ2v) is 6.55. The van der Waals surface area contributed by atoms with Crippen molar-refractivity contribution in [3.63, 3.8) is 0 Å². The molecule has 1 aliphatic rings. The lowest BCUT2D eigenvalue weighted by Crippen LogP contribution is -2.58. The molecule has 0 aromatic carbocycles. The first-order valence-electron chi connectivity index (χ1n) is 8.91. The molecule has 8 N–H and O–H groups in total. The molecule has 0 spiro atoms. The Balaban J connectivity index is 2.80. The number of nitrogens with one attached hydrogen (secondary N) is 4. The Labute approximate surface area is 161 Å². The molecule has 0 aromatic heterocycles. The topological polar surface area (TPSA) is 200 Å². The fourth-order valence-corrected chi connectivity index (χ4v) is 2.67. The molecule has 0 aliphatic carbocycles. The van der Waals surface area contributed by atoms with Crippen molar-refractivity contribution >= 4 is 29.6 Å². The highest BCUT2D eigenvalue weighted by molar-refractivity contribution is 5.94. The van der Waals surface area contributed by atoms with Crippen LogP contribution in [0.15, 0.2) is 0 Å². The monoisotopic (exact) mass is 401 g/mol. The minimum Gasteiger partial charge on any atom is -0.480 e. The molecule has 0 aromatic rings. The van der Waals surface area contributed by atoms with Gasteiger partial charge in [0.15, 0.2) is 0 Å². The summed E-state index contributed by atoms with van der Waals surface area (Å²) in [6.45, 7) is 1.22. The van der Waals surface area contributed by atoms with E-state index in [1.807, 2.05) is 0 Å². The van der Waals surface area contributed by atoms with Crippen LogP contribution in [0, 0.1) is 0 Å². The van der Waals surface area contributed by atoms with Crippen molar-refractivity contribution in [3.8, 4) is 0 Å². The Morgan fingerprint density at radius 1 is 1.18 bits per heavy atom. The summed E-state index contributed by atoms with van der Waals surface area (Å²) >= 11 is 0. The van der Waals surface area contributed by atoms with Crippen molar-refractivity contribution in [1.29, 1.82) is 0 Å². The molecule has 0 radical (unpaired) electrons. The number of nitrogens with two attached hydrogens (primary N) is 1. The smallest absolute Gasteiger partial charge is 0.322 e. The van der Waals surface area contributed by atoms with Gasteiger partial charge in [0.2, 0.25) is 23.6 Å². The molecule has 1 saturated heterocycles. The Morgan fingerprint density at radius 2 is 1.86 bits per heavy atom. The van der Waals surface area contributed by atoms with Crippen LogP contribution >= 0.6 is 0 Å². The number of carboxylic acid groups (broad SMARTS) is 1. The summed E-state index contributed by atoms with van der Waals surface area (Å²) in [5, 5.41) is 28.2. The molecule has 0 bridgehead atoms. The Morgan fingerprint density at radius 3 is 2.36 bits per heavy atom. The molecular formula is C16H27N5O7. The zero-order valence-electron chi connectivity index (χ0n) is 15.6. The number of hydrogen-bond donors (Lipinski definition) is 7. The van der Waals surface area contributed by atoms with Crippen LogP contribution in [-0.2, 0) is 24.0 Å². The van der Waals surface area contributed by atoms with Gasteiger partial charge in [-0.2, -0.15) is 0 Å². The third-order valence-electron chi connectivity index (χ3n) is 4.17. The van der Waals surface area contributed by atoms with E-state index in [-0.39, 0.29) is 12.8 Å². The van der Waals surface area contributed by atoms with Gasteiger partial charge in [-0.1, -0.05) is 0 Å². The van der Waals surface area contributed by atoms with E-state index in [2.05, 4.69) is 21.3 Å². The predicted octanol–water partition coefficient (Wildman–Crippen LogP) is -3.44. The normalized spacial score (nSPS) is 19.1. The summed E-state index contributed by atoms with van der Waals surface area (Å²) in [7, 11) is 0. The van der Waals surface area contributed by atoms with Gasteiger partial charge in [-0.05, 0) is 32.7 Å². The van der Waals surface area contributed by atoms with E-state index in [9.17, 15) is 29.1 Å². The first-order valence-corrected chi connectivity index (χ1v) is 8.91. The van der Waals surface area contributed by atoms with Crippen LogP contribution in [0.5, 0.6) is 0 Å². The highest BCUT2D eigenvalue weighted by atomic mass is 16.4. The van der Waals surface area contributed by atoms with Gasteiger partial charge in [-0.3, -0.25) is 24.0 Å². The lowest BCUT2D eigenvalue weighted by Gasteiger charge is -2.25. The highest BCUT2D eigenvalue weighted by Crippen LogP contribution is 2.07. The van der Waals surface area contributed by atoms with E-state index < -0.39 is 60.4 Å². The van der Waals surface area contributed by atoms with Crippen LogP contribution in [0.4, 0.5) is 0 Å². The van der Waals surface area contributed by atoms with E-state index in [0.29, 0.717) is 13.0 Å². The van der Waals surface area contributed by atoms with Crippen LogP contribution in [0.3, 0.4) is 0 Å². The van der Waals surface area contributed by atoms with Crippen LogP contribution in [0.25, 0.3) is 0 Å². The van der Waals surface area contributed by atoms with Crippen molar-refractivity contribution in [3.05, 3.63) is 0 Å². The molecule has 1 fully saturated rings. The maximum atomic E-state index is 12.6. The number of carboxylic acids is 1. The summed E-state index contributed by atoms with van der Waals surface area (Å²) in [5.41, 5.74) is 5.10. The van der Waals surface area contributed by atoms with Gasteiger partial charge in [0.05, 0.1) is 12.1 Å². The highest BCUT2D eigenvalue weighted by Gasteiger charge is 2.31. The Bertz CT molecular complexity index is 604. The molecule has 4 amide bonds. The van der Waals surface area contributed by atoms with Crippen molar-refractivity contribution < 1.29 is 34.2 Å². The summed E-state index contributed by atoms with van der Waals surface area (Å²) < 4.78 is 0. The van der Waals surface area contributed by atoms with E-state index >= 15 is 0 Å². The van der Waals surface area contributed by atoms with Gasteiger partial charge in [-0.15, -0.1) is 0 Å². The van der Waals surface area contributed by atoms with Crippen molar-refractivity contribution in [2.24, 2.45) is 5.73 Å². The summed E-state index contributed by atoms with van der Waals surface area (Å²) in [5.74, 6) is -4.09. The minimum absolute atomic E-state index is 0.0943. The van der Waals surface area contributed by atoms with E-state index in [1.54, 1.807) is 0 Å². The van der Waals surface area contributed by atoms with Gasteiger partial charge in [0, 0.05) is 6.42 Å². The zero-order valence-corrected chi connectivity index (χ0v) is 15.6. The number of amides is 4. The molecule has 4 atom stereocenters. The lowest BCUT2D eigenvalue weighted by atomic mass is 10.1. The van der Waals surface area contributed by atoms with Gasteiger partial charge in [0.25, 0.3) is 0 Å². The molecule has 28 heavy (non-hydrogen) atoms. The molecule has 1 aliphatic heterocycles. The fraction of sp³-hybridized carbons (Fsp3) is 0.688. The molecule has 0 saturated carbocycles.